The van der Waals surface area contributed by atoms with E-state index in [1.54, 1.807) is 5.32 Å². The van der Waals surface area contributed by atoms with Gasteiger partial charge >= 0.3 is 18.0 Å². The highest BCUT2D eigenvalue weighted by atomic mass is 19.4. The fraction of sp³-hybridized carbons (Fsp3) is 0.417. The van der Waals surface area contributed by atoms with Crippen LogP contribution in [-0.4, -0.2) is 53.1 Å². The van der Waals surface area contributed by atoms with Crippen molar-refractivity contribution in [2.45, 2.75) is 18.0 Å². The Hall–Kier alpha value is -2.64. The molecule has 0 aliphatic heterocycles. The van der Waals surface area contributed by atoms with Gasteiger partial charge in [0, 0.05) is 12.3 Å². The summed E-state index contributed by atoms with van der Waals surface area (Å²) in [5.41, 5.74) is 3.98. The van der Waals surface area contributed by atoms with Gasteiger partial charge in [-0.15, -0.1) is 0 Å². The maximum atomic E-state index is 13.2. The van der Waals surface area contributed by atoms with E-state index in [0.717, 1.165) is 0 Å². The first-order chi connectivity index (χ1) is 11.7. The number of rotatable bonds is 6. The molecule has 26 heavy (non-hydrogen) atoms. The summed E-state index contributed by atoms with van der Waals surface area (Å²) >= 11 is 0. The average molecular weight is 393 g/mol. The van der Waals surface area contributed by atoms with Crippen molar-refractivity contribution in [2.75, 3.05) is 13.2 Å². The van der Waals surface area contributed by atoms with Gasteiger partial charge < -0.3 is 15.6 Å². The number of imide groups is 1. The number of carbonyl (C=O) groups is 2. The molecule has 4 N–H and O–H groups in total. The van der Waals surface area contributed by atoms with Gasteiger partial charge in [-0.05, 0) is 0 Å². The molecule has 1 rings (SSSR count). The number of nitrogens with one attached hydrogen (secondary N) is 1. The molecule has 1 aromatic rings. The predicted octanol–water partition coefficient (Wildman–Crippen LogP) is 1.21. The standard InChI is InChI=1S/C12H10F7N3O4/c13-10(14,11(15,16)12(17,18)19)4-26-5-1-2-21-7(8(5)24)9(25)22-6(23)3-20/h1-2,24H,3-4,20H2,(H,22,23,25). The highest BCUT2D eigenvalue weighted by Crippen LogP contribution is 2.46. The second-order valence-electron chi connectivity index (χ2n) is 4.65. The minimum atomic E-state index is -6.55. The summed E-state index contributed by atoms with van der Waals surface area (Å²) in [6.07, 6.45) is -5.86. The molecule has 14 heteroatoms. The van der Waals surface area contributed by atoms with Crippen LogP contribution in [0.2, 0.25) is 0 Å². The number of halogens is 7. The van der Waals surface area contributed by atoms with E-state index in [9.17, 15) is 45.4 Å². The average Bonchev–Trinajstić information content (AvgIpc) is 2.52. The van der Waals surface area contributed by atoms with E-state index in [0.29, 0.717) is 12.3 Å². The number of nitrogens with two attached hydrogens (primary N) is 1. The van der Waals surface area contributed by atoms with Crippen LogP contribution in [0.1, 0.15) is 10.5 Å². The highest BCUT2D eigenvalue weighted by Gasteiger charge is 2.73. The molecule has 0 saturated carbocycles. The Bertz CT molecular complexity index is 694. The van der Waals surface area contributed by atoms with Crippen LogP contribution in [0, 0.1) is 0 Å². The Labute approximate surface area is 139 Å². The molecule has 0 fully saturated rings. The second kappa shape index (κ2) is 7.31. The van der Waals surface area contributed by atoms with Gasteiger partial charge in [-0.1, -0.05) is 0 Å². The minimum Gasteiger partial charge on any atom is -0.503 e. The first kappa shape index (κ1) is 21.4. The van der Waals surface area contributed by atoms with Crippen molar-refractivity contribution >= 4 is 11.8 Å². The van der Waals surface area contributed by atoms with Crippen molar-refractivity contribution in [3.63, 3.8) is 0 Å². The van der Waals surface area contributed by atoms with Crippen LogP contribution in [0.15, 0.2) is 12.3 Å². The number of pyridine rings is 1. The third kappa shape index (κ3) is 4.30. The summed E-state index contributed by atoms with van der Waals surface area (Å²) in [6, 6.07) is 0.624. The third-order valence-corrected chi connectivity index (χ3v) is 2.77. The monoisotopic (exact) mass is 393 g/mol. The Morgan fingerprint density at radius 2 is 1.77 bits per heavy atom. The van der Waals surface area contributed by atoms with Crippen molar-refractivity contribution in [3.8, 4) is 11.5 Å². The van der Waals surface area contributed by atoms with E-state index >= 15 is 0 Å². The van der Waals surface area contributed by atoms with Gasteiger partial charge in [0.25, 0.3) is 5.91 Å². The van der Waals surface area contributed by atoms with Gasteiger partial charge in [-0.2, -0.15) is 30.7 Å². The van der Waals surface area contributed by atoms with E-state index in [1.807, 2.05) is 0 Å². The van der Waals surface area contributed by atoms with Crippen LogP contribution in [-0.2, 0) is 4.79 Å². The summed E-state index contributed by atoms with van der Waals surface area (Å²) in [4.78, 5) is 25.9. The molecule has 0 spiro atoms. The van der Waals surface area contributed by atoms with Crippen LogP contribution in [0.5, 0.6) is 11.5 Å². The SMILES string of the molecule is NCC(=O)NC(=O)c1nccc(OCC(F)(F)C(F)(F)C(F)(F)F)c1O. The number of nitrogens with zero attached hydrogens (tertiary/aromatic N) is 1. The molecule has 0 unspecified atom stereocenters. The van der Waals surface area contributed by atoms with Crippen molar-refractivity contribution < 1.29 is 50.2 Å². The first-order valence-electron chi connectivity index (χ1n) is 6.42. The molecule has 0 atom stereocenters. The number of alkyl halides is 7. The molecular formula is C12H10F7N3O4. The zero-order chi connectivity index (χ0) is 20.3. The molecule has 1 heterocycles. The maximum absolute atomic E-state index is 13.2. The molecule has 0 aliphatic rings. The van der Waals surface area contributed by atoms with Crippen LogP contribution < -0.4 is 15.8 Å². The topological polar surface area (TPSA) is 115 Å². The van der Waals surface area contributed by atoms with Gasteiger partial charge in [0.2, 0.25) is 5.91 Å². The van der Waals surface area contributed by atoms with Crippen LogP contribution in [0.4, 0.5) is 30.7 Å². The normalized spacial score (nSPS) is 12.6. The number of ether oxygens (including phenoxy) is 1. The summed E-state index contributed by atoms with van der Waals surface area (Å²) < 4.78 is 92.0. The summed E-state index contributed by atoms with van der Waals surface area (Å²) in [7, 11) is 0. The van der Waals surface area contributed by atoms with E-state index in [2.05, 4.69) is 9.72 Å². The quantitative estimate of drug-likeness (QED) is 0.626. The van der Waals surface area contributed by atoms with Crippen molar-refractivity contribution in [1.29, 1.82) is 0 Å². The number of hydrogen-bond acceptors (Lipinski definition) is 6. The maximum Gasteiger partial charge on any atom is 0.460 e. The number of carbonyl (C=O) groups excluding carboxylic acids is 2. The van der Waals surface area contributed by atoms with Gasteiger partial charge in [0.05, 0.1) is 6.54 Å². The molecule has 0 saturated heterocycles. The van der Waals surface area contributed by atoms with Crippen LogP contribution in [0.25, 0.3) is 0 Å². The lowest BCUT2D eigenvalue weighted by molar-refractivity contribution is -0.358. The molecule has 146 valence electrons. The van der Waals surface area contributed by atoms with Gasteiger partial charge in [0.1, 0.15) is 0 Å². The van der Waals surface area contributed by atoms with Crippen molar-refractivity contribution in [2.24, 2.45) is 5.73 Å². The first-order valence-corrected chi connectivity index (χ1v) is 6.42. The van der Waals surface area contributed by atoms with E-state index in [4.69, 9.17) is 5.73 Å². The minimum absolute atomic E-state index is 0.624. The fourth-order valence-electron chi connectivity index (χ4n) is 1.42. The third-order valence-electron chi connectivity index (χ3n) is 2.77. The van der Waals surface area contributed by atoms with E-state index in [1.165, 1.54) is 0 Å². The zero-order valence-corrected chi connectivity index (χ0v) is 12.4. The summed E-state index contributed by atoms with van der Waals surface area (Å²) in [6.45, 7) is -3.10. The van der Waals surface area contributed by atoms with Crippen LogP contribution >= 0.6 is 0 Å². The number of aromatic hydroxyl groups is 1. The molecule has 0 radical (unpaired) electrons. The lowest BCUT2D eigenvalue weighted by atomic mass is 10.2. The largest absolute Gasteiger partial charge is 0.503 e. The Morgan fingerprint density at radius 3 is 2.27 bits per heavy atom. The van der Waals surface area contributed by atoms with Crippen molar-refractivity contribution in [1.82, 2.24) is 10.3 Å². The molecule has 2 amide bonds. The Morgan fingerprint density at radius 1 is 1.19 bits per heavy atom. The lowest BCUT2D eigenvalue weighted by Crippen LogP contribution is -2.54. The molecule has 0 aromatic carbocycles. The van der Waals surface area contributed by atoms with Gasteiger partial charge in [-0.3, -0.25) is 14.9 Å². The van der Waals surface area contributed by atoms with Gasteiger partial charge in [-0.25, -0.2) is 4.98 Å². The Balaban J connectivity index is 3.01. The predicted molar refractivity (Wildman–Crippen MR) is 68.9 cm³/mol. The molecular weight excluding hydrogens is 383 g/mol. The summed E-state index contributed by atoms with van der Waals surface area (Å²) in [5, 5.41) is 11.3. The number of amides is 2. The summed E-state index contributed by atoms with van der Waals surface area (Å²) in [5.74, 6) is -16.7. The lowest BCUT2D eigenvalue weighted by Gasteiger charge is -2.28. The van der Waals surface area contributed by atoms with E-state index in [-0.39, 0.29) is 0 Å². The number of aromatic nitrogens is 1. The molecule has 0 aliphatic carbocycles. The van der Waals surface area contributed by atoms with Gasteiger partial charge in [0.15, 0.2) is 23.8 Å². The number of hydrogen-bond donors (Lipinski definition) is 3. The second-order valence-corrected chi connectivity index (χ2v) is 4.65. The molecule has 7 nitrogen and oxygen atoms in total. The smallest absolute Gasteiger partial charge is 0.460 e. The zero-order valence-electron chi connectivity index (χ0n) is 12.4. The van der Waals surface area contributed by atoms with E-state index < -0.39 is 60.2 Å². The Kier molecular flexibility index (Phi) is 6.02. The van der Waals surface area contributed by atoms with Crippen LogP contribution in [0.3, 0.4) is 0 Å². The van der Waals surface area contributed by atoms with Crippen molar-refractivity contribution in [3.05, 3.63) is 18.0 Å². The highest BCUT2D eigenvalue weighted by molar-refractivity contribution is 6.05. The molecule has 0 bridgehead atoms. The fourth-order valence-corrected chi connectivity index (χ4v) is 1.42. The molecule has 1 aromatic heterocycles.